The lowest BCUT2D eigenvalue weighted by molar-refractivity contribution is 0.590. The molecule has 0 amide bonds. The largest absolute Gasteiger partial charge is 0.370 e. The Labute approximate surface area is 139 Å². The number of nitrogens with zero attached hydrogens (tertiary/aromatic N) is 2. The van der Waals surface area contributed by atoms with Crippen molar-refractivity contribution in [3.8, 4) is 0 Å². The van der Waals surface area contributed by atoms with E-state index in [1.54, 1.807) is 0 Å². The van der Waals surface area contributed by atoms with Gasteiger partial charge in [-0.05, 0) is 36.5 Å². The summed E-state index contributed by atoms with van der Waals surface area (Å²) in [6, 6.07) is 10.4. The molecule has 0 aliphatic carbocycles. The Balaban J connectivity index is 2.10. The van der Waals surface area contributed by atoms with Crippen molar-refractivity contribution in [3.63, 3.8) is 0 Å². The van der Waals surface area contributed by atoms with Gasteiger partial charge < -0.3 is 10.6 Å². The molecule has 2 rings (SSSR count). The first-order chi connectivity index (χ1) is 10.9. The summed E-state index contributed by atoms with van der Waals surface area (Å²) >= 11 is 0. The van der Waals surface area contributed by atoms with Gasteiger partial charge in [0.15, 0.2) is 0 Å². The molecule has 0 atom stereocenters. The highest BCUT2D eigenvalue weighted by Gasteiger charge is 2.13. The maximum Gasteiger partial charge on any atom is 0.229 e. The highest BCUT2D eigenvalue weighted by Crippen LogP contribution is 2.24. The van der Waals surface area contributed by atoms with Crippen LogP contribution < -0.4 is 10.6 Å². The number of nitrogens with one attached hydrogen (secondary N) is 2. The van der Waals surface area contributed by atoms with Crippen LogP contribution in [0.1, 0.15) is 51.8 Å². The van der Waals surface area contributed by atoms with Crippen LogP contribution >= 0.6 is 0 Å². The number of hydrogen-bond donors (Lipinski definition) is 2. The minimum Gasteiger partial charge on any atom is -0.370 e. The number of aryl methyl sites for hydroxylation is 1. The summed E-state index contributed by atoms with van der Waals surface area (Å²) < 4.78 is 0. The van der Waals surface area contributed by atoms with Crippen molar-refractivity contribution in [1.29, 1.82) is 0 Å². The predicted molar refractivity (Wildman–Crippen MR) is 98.6 cm³/mol. The number of rotatable bonds is 6. The maximum atomic E-state index is 4.54. The second-order valence-electron chi connectivity index (χ2n) is 6.95. The molecule has 0 saturated heterocycles. The minimum atomic E-state index is 0.161. The molecule has 0 unspecified atom stereocenters. The van der Waals surface area contributed by atoms with Crippen LogP contribution in [0.4, 0.5) is 17.5 Å². The zero-order valence-electron chi connectivity index (χ0n) is 14.9. The number of benzene rings is 1. The number of anilines is 3. The lowest BCUT2D eigenvalue weighted by atomic mass is 9.87. The van der Waals surface area contributed by atoms with E-state index in [0.29, 0.717) is 5.95 Å². The molecule has 23 heavy (non-hydrogen) atoms. The second-order valence-corrected chi connectivity index (χ2v) is 6.95. The van der Waals surface area contributed by atoms with Gasteiger partial charge in [-0.25, -0.2) is 4.98 Å². The summed E-state index contributed by atoms with van der Waals surface area (Å²) in [6.07, 6.45) is 2.31. The number of unbranched alkanes of at least 4 members (excludes halogenated alkanes) is 1. The van der Waals surface area contributed by atoms with Crippen molar-refractivity contribution in [2.45, 2.75) is 52.9 Å². The Bertz CT molecular complexity index is 627. The molecule has 0 spiro atoms. The zero-order valence-corrected chi connectivity index (χ0v) is 14.9. The van der Waals surface area contributed by atoms with Crippen molar-refractivity contribution in [1.82, 2.24) is 9.97 Å². The van der Waals surface area contributed by atoms with Crippen LogP contribution in [0.5, 0.6) is 0 Å². The summed E-state index contributed by atoms with van der Waals surface area (Å²) in [4.78, 5) is 9.00. The molecule has 124 valence electrons. The van der Waals surface area contributed by atoms with Gasteiger partial charge in [0.05, 0.1) is 0 Å². The summed E-state index contributed by atoms with van der Waals surface area (Å²) in [5.41, 5.74) is 3.43. The normalized spacial score (nSPS) is 11.3. The van der Waals surface area contributed by atoms with Crippen LogP contribution in [-0.2, 0) is 5.41 Å². The van der Waals surface area contributed by atoms with Crippen molar-refractivity contribution in [2.75, 3.05) is 17.2 Å². The first kappa shape index (κ1) is 17.3. The maximum absolute atomic E-state index is 4.54. The van der Waals surface area contributed by atoms with Gasteiger partial charge >= 0.3 is 0 Å². The molecule has 2 N–H and O–H groups in total. The Morgan fingerprint density at radius 3 is 2.35 bits per heavy atom. The van der Waals surface area contributed by atoms with Crippen molar-refractivity contribution >= 4 is 17.5 Å². The second kappa shape index (κ2) is 7.44. The molecule has 0 aliphatic heterocycles. The van der Waals surface area contributed by atoms with E-state index < -0.39 is 0 Å². The average molecular weight is 312 g/mol. The van der Waals surface area contributed by atoms with Crippen LogP contribution in [0.2, 0.25) is 0 Å². The van der Waals surface area contributed by atoms with Gasteiger partial charge in [0.2, 0.25) is 5.95 Å². The van der Waals surface area contributed by atoms with Crippen molar-refractivity contribution in [3.05, 3.63) is 41.6 Å². The van der Waals surface area contributed by atoms with E-state index >= 15 is 0 Å². The molecular formula is C19H28N4. The van der Waals surface area contributed by atoms with E-state index in [-0.39, 0.29) is 5.41 Å². The van der Waals surface area contributed by atoms with Gasteiger partial charge in [-0.1, -0.05) is 46.2 Å². The summed E-state index contributed by atoms with van der Waals surface area (Å²) in [5.74, 6) is 1.51. The third kappa shape index (κ3) is 5.23. The Hall–Kier alpha value is -2.10. The van der Waals surface area contributed by atoms with Gasteiger partial charge in [-0.15, -0.1) is 0 Å². The predicted octanol–water partition coefficient (Wildman–Crippen LogP) is 5.04. The van der Waals surface area contributed by atoms with E-state index in [9.17, 15) is 0 Å². The lowest BCUT2D eigenvalue weighted by Crippen LogP contribution is -2.10. The lowest BCUT2D eigenvalue weighted by Gasteiger charge is -2.19. The standard InChI is InChI=1S/C19H28N4/c1-6-7-12-20-17-13-14(2)21-18(23-17)22-16-10-8-15(9-11-16)19(3,4)5/h8-11,13H,6-7,12H2,1-5H3,(H2,20,21,22,23). The van der Waals surface area contributed by atoms with Crippen LogP contribution in [0.3, 0.4) is 0 Å². The highest BCUT2D eigenvalue weighted by molar-refractivity contribution is 5.56. The summed E-state index contributed by atoms with van der Waals surface area (Å²) in [6.45, 7) is 11.8. The van der Waals surface area contributed by atoms with Crippen LogP contribution in [-0.4, -0.2) is 16.5 Å². The van der Waals surface area contributed by atoms with E-state index in [1.165, 1.54) is 12.0 Å². The molecule has 2 aromatic rings. The highest BCUT2D eigenvalue weighted by atomic mass is 15.1. The van der Waals surface area contributed by atoms with E-state index in [0.717, 1.165) is 30.2 Å². The van der Waals surface area contributed by atoms with Crippen molar-refractivity contribution in [2.24, 2.45) is 0 Å². The Morgan fingerprint density at radius 1 is 1.04 bits per heavy atom. The summed E-state index contributed by atoms with van der Waals surface area (Å²) in [7, 11) is 0. The monoisotopic (exact) mass is 312 g/mol. The third-order valence-corrected chi connectivity index (χ3v) is 3.70. The molecule has 0 aliphatic rings. The third-order valence-electron chi connectivity index (χ3n) is 3.70. The fraction of sp³-hybridized carbons (Fsp3) is 0.474. The fourth-order valence-corrected chi connectivity index (χ4v) is 2.29. The molecule has 0 fully saturated rings. The van der Waals surface area contributed by atoms with Gasteiger partial charge in [0.1, 0.15) is 5.82 Å². The smallest absolute Gasteiger partial charge is 0.229 e. The summed E-state index contributed by atoms with van der Waals surface area (Å²) in [5, 5.41) is 6.64. The molecule has 0 radical (unpaired) electrons. The topological polar surface area (TPSA) is 49.8 Å². The SMILES string of the molecule is CCCCNc1cc(C)nc(Nc2ccc(C(C)(C)C)cc2)n1. The van der Waals surface area contributed by atoms with Crippen LogP contribution in [0, 0.1) is 6.92 Å². The molecule has 1 aromatic carbocycles. The first-order valence-electron chi connectivity index (χ1n) is 8.35. The molecule has 1 heterocycles. The Kier molecular flexibility index (Phi) is 5.59. The van der Waals surface area contributed by atoms with Crippen LogP contribution in [0.25, 0.3) is 0 Å². The molecule has 0 bridgehead atoms. The number of hydrogen-bond acceptors (Lipinski definition) is 4. The average Bonchev–Trinajstić information content (AvgIpc) is 2.46. The number of aromatic nitrogens is 2. The quantitative estimate of drug-likeness (QED) is 0.734. The van der Waals surface area contributed by atoms with Gasteiger partial charge in [-0.2, -0.15) is 4.98 Å². The van der Waals surface area contributed by atoms with E-state index in [4.69, 9.17) is 0 Å². The minimum absolute atomic E-state index is 0.161. The molecule has 4 nitrogen and oxygen atoms in total. The fourth-order valence-electron chi connectivity index (χ4n) is 2.29. The van der Waals surface area contributed by atoms with Gasteiger partial charge in [-0.3, -0.25) is 0 Å². The van der Waals surface area contributed by atoms with Crippen molar-refractivity contribution < 1.29 is 0 Å². The van der Waals surface area contributed by atoms with E-state index in [2.05, 4.69) is 72.6 Å². The molecule has 1 aromatic heterocycles. The zero-order chi connectivity index (χ0) is 16.9. The first-order valence-corrected chi connectivity index (χ1v) is 8.35. The molecular weight excluding hydrogens is 284 g/mol. The Morgan fingerprint density at radius 2 is 1.74 bits per heavy atom. The van der Waals surface area contributed by atoms with E-state index in [1.807, 2.05) is 13.0 Å². The molecule has 4 heteroatoms. The molecule has 0 saturated carbocycles. The van der Waals surface area contributed by atoms with Gasteiger partial charge in [0.25, 0.3) is 0 Å². The van der Waals surface area contributed by atoms with Crippen LogP contribution in [0.15, 0.2) is 30.3 Å². The van der Waals surface area contributed by atoms with Gasteiger partial charge in [0, 0.05) is 24.0 Å².